The van der Waals surface area contributed by atoms with Crippen LogP contribution in [0.15, 0.2) is 71.7 Å². The normalized spacial score (nSPS) is 11.9. The molecule has 37 heavy (non-hydrogen) atoms. The molecule has 0 saturated carbocycles. The van der Waals surface area contributed by atoms with Crippen molar-refractivity contribution in [1.29, 1.82) is 0 Å². The number of H-pyrrole nitrogens is 1. The Morgan fingerprint density at radius 3 is 2.24 bits per heavy atom. The van der Waals surface area contributed by atoms with Crippen LogP contribution in [0.1, 0.15) is 42.5 Å². The van der Waals surface area contributed by atoms with Crippen molar-refractivity contribution in [2.24, 2.45) is 4.99 Å². The second-order valence-corrected chi connectivity index (χ2v) is 9.47. The molecule has 6 nitrogen and oxygen atoms in total. The molecule has 0 saturated heterocycles. The molecular formula is C30H32ClN3O3. The van der Waals surface area contributed by atoms with Crippen molar-refractivity contribution in [1.82, 2.24) is 9.88 Å². The fraction of sp³-hybridized carbons (Fsp3) is 0.267. The van der Waals surface area contributed by atoms with Gasteiger partial charge in [-0.3, -0.25) is 4.79 Å². The number of fused-ring (bicyclic) bond motifs is 1. The summed E-state index contributed by atoms with van der Waals surface area (Å²) in [5.41, 5.74) is 5.70. The molecule has 0 unspecified atom stereocenters. The monoisotopic (exact) mass is 517 g/mol. The number of carbonyl (C=O) groups is 1. The van der Waals surface area contributed by atoms with Gasteiger partial charge >= 0.3 is 5.97 Å². The average molecular weight is 518 g/mol. The molecule has 7 heteroatoms. The highest BCUT2D eigenvalue weighted by atomic mass is 35.5. The van der Waals surface area contributed by atoms with Crippen molar-refractivity contribution in [2.45, 2.75) is 33.1 Å². The van der Waals surface area contributed by atoms with Crippen LogP contribution in [0.2, 0.25) is 5.02 Å². The first kappa shape index (κ1) is 26.5. The summed E-state index contributed by atoms with van der Waals surface area (Å²) < 4.78 is 0. The van der Waals surface area contributed by atoms with E-state index in [1.807, 2.05) is 42.5 Å². The second kappa shape index (κ2) is 12.1. The van der Waals surface area contributed by atoms with Gasteiger partial charge in [0.1, 0.15) is 0 Å². The number of aryl methyl sites for hydroxylation is 1. The summed E-state index contributed by atoms with van der Waals surface area (Å²) in [6.07, 6.45) is 1.50. The number of nitrogens with zero attached hydrogens (tertiary/aromatic N) is 2. The largest absolute Gasteiger partial charge is 0.494 e. The van der Waals surface area contributed by atoms with Crippen LogP contribution in [0.5, 0.6) is 5.88 Å². The lowest BCUT2D eigenvalue weighted by Gasteiger charge is -2.17. The molecule has 3 N–H and O–H groups in total. The van der Waals surface area contributed by atoms with Gasteiger partial charge in [0.2, 0.25) is 0 Å². The van der Waals surface area contributed by atoms with Gasteiger partial charge in [0, 0.05) is 28.9 Å². The molecule has 0 aliphatic heterocycles. The molecular weight excluding hydrogens is 486 g/mol. The third-order valence-corrected chi connectivity index (χ3v) is 6.86. The van der Waals surface area contributed by atoms with Crippen molar-refractivity contribution >= 4 is 39.9 Å². The minimum Gasteiger partial charge on any atom is -0.494 e. The molecule has 192 valence electrons. The average Bonchev–Trinajstić information content (AvgIpc) is 3.22. The van der Waals surface area contributed by atoms with E-state index in [0.717, 1.165) is 53.8 Å². The highest BCUT2D eigenvalue weighted by Crippen LogP contribution is 2.33. The molecule has 0 amide bonds. The first-order valence-electron chi connectivity index (χ1n) is 12.6. The van der Waals surface area contributed by atoms with Gasteiger partial charge < -0.3 is 20.1 Å². The molecule has 0 radical (unpaired) electrons. The Morgan fingerprint density at radius 2 is 1.59 bits per heavy atom. The Bertz CT molecular complexity index is 1390. The Kier molecular flexibility index (Phi) is 8.64. The smallest absolute Gasteiger partial charge is 0.303 e. The molecule has 0 aliphatic rings. The number of benzene rings is 3. The number of likely N-dealkylation sites (N-methyl/N-ethyl adjacent to an activating group) is 1. The summed E-state index contributed by atoms with van der Waals surface area (Å²) >= 11 is 6.18. The molecule has 0 atom stereocenters. The predicted octanol–water partition coefficient (Wildman–Crippen LogP) is 6.60. The van der Waals surface area contributed by atoms with Crippen LogP contribution in [0.4, 0.5) is 5.69 Å². The summed E-state index contributed by atoms with van der Waals surface area (Å²) in [5, 5.41) is 21.3. The fourth-order valence-corrected chi connectivity index (χ4v) is 4.61. The Hall–Kier alpha value is -3.61. The van der Waals surface area contributed by atoms with E-state index in [0.29, 0.717) is 22.7 Å². The van der Waals surface area contributed by atoms with E-state index in [9.17, 15) is 9.90 Å². The van der Waals surface area contributed by atoms with Gasteiger partial charge in [-0.05, 0) is 61.3 Å². The van der Waals surface area contributed by atoms with Crippen LogP contribution in [-0.2, 0) is 17.6 Å². The third kappa shape index (κ3) is 6.59. The van der Waals surface area contributed by atoms with E-state index >= 15 is 0 Å². The van der Waals surface area contributed by atoms with Crippen LogP contribution in [0.25, 0.3) is 10.9 Å². The minimum absolute atomic E-state index is 0.0156. The van der Waals surface area contributed by atoms with Crippen molar-refractivity contribution < 1.29 is 15.0 Å². The van der Waals surface area contributed by atoms with Crippen molar-refractivity contribution in [3.8, 4) is 5.88 Å². The summed E-state index contributed by atoms with van der Waals surface area (Å²) in [4.78, 5) is 21.4. The number of aliphatic imine (C=N–C) groups is 1. The summed E-state index contributed by atoms with van der Waals surface area (Å²) in [6.45, 7) is 7.44. The van der Waals surface area contributed by atoms with Crippen LogP contribution in [0, 0.1) is 0 Å². The number of aromatic hydroxyl groups is 1. The highest BCUT2D eigenvalue weighted by Gasteiger charge is 2.19. The summed E-state index contributed by atoms with van der Waals surface area (Å²) in [5.74, 6) is -0.809. The van der Waals surface area contributed by atoms with Gasteiger partial charge in [-0.1, -0.05) is 67.9 Å². The first-order chi connectivity index (χ1) is 17.9. The Balaban J connectivity index is 1.71. The topological polar surface area (TPSA) is 88.9 Å². The highest BCUT2D eigenvalue weighted by molar-refractivity contribution is 6.31. The van der Waals surface area contributed by atoms with Gasteiger partial charge in [0.15, 0.2) is 5.88 Å². The zero-order valence-electron chi connectivity index (χ0n) is 21.2. The number of halogens is 1. The number of aliphatic carboxylic acids is 1. The van der Waals surface area contributed by atoms with Crippen LogP contribution in [0.3, 0.4) is 0 Å². The van der Waals surface area contributed by atoms with Crippen LogP contribution < -0.4 is 0 Å². The number of nitrogens with one attached hydrogen (secondary N) is 1. The molecule has 0 bridgehead atoms. The fourth-order valence-electron chi connectivity index (χ4n) is 4.43. The number of rotatable bonds is 11. The molecule has 0 spiro atoms. The molecule has 3 aromatic carbocycles. The van der Waals surface area contributed by atoms with Crippen molar-refractivity contribution in [3.05, 3.63) is 94.0 Å². The number of hydrogen-bond donors (Lipinski definition) is 3. The van der Waals surface area contributed by atoms with Gasteiger partial charge in [0.25, 0.3) is 0 Å². The minimum atomic E-state index is -0.825. The van der Waals surface area contributed by atoms with Crippen LogP contribution >= 0.6 is 11.6 Å². The quantitative estimate of drug-likeness (QED) is 0.196. The number of aromatic nitrogens is 1. The van der Waals surface area contributed by atoms with Crippen LogP contribution in [-0.4, -0.2) is 51.4 Å². The standard InChI is InChI=1S/C30H32ClN3O3/c1-3-34(4-2)18-17-21-7-13-24(14-8-21)32-29(22-10-5-20(6-11-22)9-16-27(35)36)28-25-15-12-23(31)19-26(25)33-30(28)37/h5-8,10-15,19,33,37H,3-4,9,16-18H2,1-2H3,(H,35,36). The van der Waals surface area contributed by atoms with E-state index in [-0.39, 0.29) is 12.3 Å². The summed E-state index contributed by atoms with van der Waals surface area (Å²) in [7, 11) is 0. The maximum atomic E-state index is 11.0. The van der Waals surface area contributed by atoms with Crippen molar-refractivity contribution in [2.75, 3.05) is 19.6 Å². The molecule has 4 aromatic rings. The maximum Gasteiger partial charge on any atom is 0.303 e. The van der Waals surface area contributed by atoms with E-state index in [2.05, 4.69) is 35.9 Å². The molecule has 1 heterocycles. The molecule has 0 aliphatic carbocycles. The molecule has 4 rings (SSSR count). The zero-order chi connectivity index (χ0) is 26.4. The van der Waals surface area contributed by atoms with Gasteiger partial charge in [-0.2, -0.15) is 0 Å². The Morgan fingerprint density at radius 1 is 0.946 bits per heavy atom. The zero-order valence-corrected chi connectivity index (χ0v) is 21.9. The lowest BCUT2D eigenvalue weighted by molar-refractivity contribution is -0.136. The number of carboxylic acid groups (broad SMARTS) is 1. The van der Waals surface area contributed by atoms with Gasteiger partial charge in [0.05, 0.1) is 22.5 Å². The molecule has 1 aromatic heterocycles. The van der Waals surface area contributed by atoms with Crippen molar-refractivity contribution in [3.63, 3.8) is 0 Å². The van der Waals surface area contributed by atoms with E-state index in [1.165, 1.54) is 5.56 Å². The second-order valence-electron chi connectivity index (χ2n) is 9.03. The SMILES string of the molecule is CCN(CC)CCc1ccc(N=C(c2ccc(CCC(=O)O)cc2)c2c(O)[nH]c3cc(Cl)ccc23)cc1. The number of aromatic amines is 1. The Labute approximate surface area is 222 Å². The lowest BCUT2D eigenvalue weighted by Crippen LogP contribution is -2.25. The van der Waals surface area contributed by atoms with E-state index < -0.39 is 5.97 Å². The molecule has 0 fully saturated rings. The maximum absolute atomic E-state index is 11.0. The van der Waals surface area contributed by atoms with E-state index in [4.69, 9.17) is 21.7 Å². The predicted molar refractivity (Wildman–Crippen MR) is 151 cm³/mol. The van der Waals surface area contributed by atoms with Gasteiger partial charge in [-0.15, -0.1) is 0 Å². The number of hydrogen-bond acceptors (Lipinski definition) is 4. The van der Waals surface area contributed by atoms with Gasteiger partial charge in [-0.25, -0.2) is 4.99 Å². The van der Waals surface area contributed by atoms with E-state index in [1.54, 1.807) is 12.1 Å². The summed E-state index contributed by atoms with van der Waals surface area (Å²) in [6, 6.07) is 21.3. The first-order valence-corrected chi connectivity index (χ1v) is 13.0. The lowest BCUT2D eigenvalue weighted by atomic mass is 9.98. The number of carboxylic acids is 1. The third-order valence-electron chi connectivity index (χ3n) is 6.62.